The van der Waals surface area contributed by atoms with E-state index in [1.165, 1.54) is 17.2 Å². The molecule has 0 spiro atoms. The zero-order valence-corrected chi connectivity index (χ0v) is 11.8. The largest absolute Gasteiger partial charge is 0.508 e. The summed E-state index contributed by atoms with van der Waals surface area (Å²) in [6.07, 6.45) is 8.68. The molecule has 1 amide bonds. The van der Waals surface area contributed by atoms with Gasteiger partial charge in [0, 0.05) is 12.6 Å². The Balaban J connectivity index is 1.91. The third-order valence-corrected chi connectivity index (χ3v) is 4.32. The van der Waals surface area contributed by atoms with Crippen LogP contribution in [0.25, 0.3) is 0 Å². The molecule has 1 aliphatic heterocycles. The number of carbonyl (C=O) groups excluding carboxylic acids is 1. The fraction of sp³-hybridized carbons (Fsp3) is 0.353. The van der Waals surface area contributed by atoms with Crippen molar-refractivity contribution < 1.29 is 15.0 Å². The third kappa shape index (κ3) is 2.79. The second-order valence-electron chi connectivity index (χ2n) is 5.68. The number of rotatable bonds is 3. The first-order valence-corrected chi connectivity index (χ1v) is 7.26. The van der Waals surface area contributed by atoms with Crippen molar-refractivity contribution in [3.05, 3.63) is 47.1 Å². The van der Waals surface area contributed by atoms with E-state index in [2.05, 4.69) is 12.2 Å². The van der Waals surface area contributed by atoms with E-state index in [1.54, 1.807) is 12.1 Å². The van der Waals surface area contributed by atoms with Crippen LogP contribution in [0.15, 0.2) is 41.5 Å². The number of nitrogens with zero attached hydrogens (tertiary/aromatic N) is 1. The highest BCUT2D eigenvalue weighted by molar-refractivity contribution is 5.52. The van der Waals surface area contributed by atoms with Crippen LogP contribution >= 0.6 is 0 Å². The minimum absolute atomic E-state index is 0.0254. The van der Waals surface area contributed by atoms with Gasteiger partial charge in [0.2, 0.25) is 6.41 Å². The molecular weight excluding hydrogens is 266 g/mol. The molecule has 0 radical (unpaired) electrons. The molecule has 0 aromatic heterocycles. The first-order valence-electron chi connectivity index (χ1n) is 7.26. The van der Waals surface area contributed by atoms with Crippen molar-refractivity contribution in [2.45, 2.75) is 31.7 Å². The van der Waals surface area contributed by atoms with Gasteiger partial charge in [0.1, 0.15) is 11.5 Å². The summed E-state index contributed by atoms with van der Waals surface area (Å²) in [5, 5.41) is 19.2. The molecule has 4 nitrogen and oxygen atoms in total. The molecule has 21 heavy (non-hydrogen) atoms. The van der Waals surface area contributed by atoms with E-state index < -0.39 is 0 Å². The maximum Gasteiger partial charge on any atom is 0.210 e. The van der Waals surface area contributed by atoms with E-state index in [4.69, 9.17) is 0 Å². The first-order chi connectivity index (χ1) is 10.2. The third-order valence-electron chi connectivity index (χ3n) is 4.32. The van der Waals surface area contributed by atoms with Crippen molar-refractivity contribution in [1.82, 2.24) is 4.90 Å². The lowest BCUT2D eigenvalue weighted by atomic mass is 9.83. The van der Waals surface area contributed by atoms with E-state index in [9.17, 15) is 15.0 Å². The normalized spacial score (nSPS) is 21.3. The van der Waals surface area contributed by atoms with Crippen LogP contribution in [0.1, 0.15) is 24.8 Å². The van der Waals surface area contributed by atoms with Gasteiger partial charge in [-0.2, -0.15) is 0 Å². The molecule has 1 aliphatic carbocycles. The topological polar surface area (TPSA) is 60.8 Å². The SMILES string of the molecule is O=CN1CCC2=C(CC=CC2)C1Cc1cc(O)cc(O)c1. The molecule has 0 fully saturated rings. The van der Waals surface area contributed by atoms with Crippen molar-refractivity contribution in [3.63, 3.8) is 0 Å². The minimum Gasteiger partial charge on any atom is -0.508 e. The van der Waals surface area contributed by atoms with E-state index in [0.717, 1.165) is 37.8 Å². The summed E-state index contributed by atoms with van der Waals surface area (Å²) in [7, 11) is 0. The molecule has 0 bridgehead atoms. The van der Waals surface area contributed by atoms with Crippen LogP contribution in [0, 0.1) is 0 Å². The number of phenolic OH excluding ortho intramolecular Hbond substituents is 2. The molecule has 1 unspecified atom stereocenters. The van der Waals surface area contributed by atoms with E-state index >= 15 is 0 Å². The lowest BCUT2D eigenvalue weighted by molar-refractivity contribution is -0.119. The van der Waals surface area contributed by atoms with Gasteiger partial charge in [-0.1, -0.05) is 17.7 Å². The average molecular weight is 285 g/mol. The highest BCUT2D eigenvalue weighted by Crippen LogP contribution is 2.34. The maximum absolute atomic E-state index is 11.4. The van der Waals surface area contributed by atoms with Gasteiger partial charge in [-0.05, 0) is 49.0 Å². The lowest BCUT2D eigenvalue weighted by Gasteiger charge is -2.38. The zero-order chi connectivity index (χ0) is 14.8. The maximum atomic E-state index is 11.4. The van der Waals surface area contributed by atoms with Crippen molar-refractivity contribution in [3.8, 4) is 11.5 Å². The van der Waals surface area contributed by atoms with Crippen molar-refractivity contribution in [2.24, 2.45) is 0 Å². The monoisotopic (exact) mass is 285 g/mol. The summed E-state index contributed by atoms with van der Waals surface area (Å²) >= 11 is 0. The Hall–Kier alpha value is -2.23. The lowest BCUT2D eigenvalue weighted by Crippen LogP contribution is -2.42. The quantitative estimate of drug-likeness (QED) is 0.662. The van der Waals surface area contributed by atoms with Crippen LogP contribution in [0.3, 0.4) is 0 Å². The molecule has 0 saturated carbocycles. The summed E-state index contributed by atoms with van der Waals surface area (Å²) in [6, 6.07) is 4.64. The summed E-state index contributed by atoms with van der Waals surface area (Å²) in [5.74, 6) is 0.104. The predicted molar refractivity (Wildman–Crippen MR) is 80.1 cm³/mol. The van der Waals surface area contributed by atoms with Gasteiger partial charge in [0.15, 0.2) is 0 Å². The van der Waals surface area contributed by atoms with E-state index in [1.807, 2.05) is 4.90 Å². The summed E-state index contributed by atoms with van der Waals surface area (Å²) in [4.78, 5) is 13.2. The Kier molecular flexibility index (Phi) is 3.69. The summed E-state index contributed by atoms with van der Waals surface area (Å²) in [6.45, 7) is 0.742. The minimum atomic E-state index is 0.0254. The summed E-state index contributed by atoms with van der Waals surface area (Å²) in [5.41, 5.74) is 3.59. The number of carbonyl (C=O) groups is 1. The van der Waals surface area contributed by atoms with Crippen molar-refractivity contribution >= 4 is 6.41 Å². The predicted octanol–water partition coefficient (Wildman–Crippen LogP) is 2.52. The van der Waals surface area contributed by atoms with Crippen LogP contribution in [0.2, 0.25) is 0 Å². The van der Waals surface area contributed by atoms with Crippen LogP contribution in [0.5, 0.6) is 11.5 Å². The summed E-state index contributed by atoms with van der Waals surface area (Å²) < 4.78 is 0. The molecule has 1 aromatic rings. The van der Waals surface area contributed by atoms with Gasteiger partial charge in [-0.15, -0.1) is 0 Å². The second kappa shape index (κ2) is 5.64. The first kappa shape index (κ1) is 13.7. The highest BCUT2D eigenvalue weighted by atomic mass is 16.3. The van der Waals surface area contributed by atoms with Gasteiger partial charge in [-0.25, -0.2) is 0 Å². The Morgan fingerprint density at radius 1 is 1.14 bits per heavy atom. The number of hydrogen-bond donors (Lipinski definition) is 2. The molecule has 4 heteroatoms. The van der Waals surface area contributed by atoms with Gasteiger partial charge in [0.25, 0.3) is 0 Å². The van der Waals surface area contributed by atoms with Crippen molar-refractivity contribution in [2.75, 3.05) is 6.54 Å². The fourth-order valence-corrected chi connectivity index (χ4v) is 3.33. The molecule has 1 atom stereocenters. The number of allylic oxidation sites excluding steroid dienone is 2. The molecular formula is C17H19NO3. The Morgan fingerprint density at radius 2 is 1.86 bits per heavy atom. The molecule has 2 aliphatic rings. The molecule has 3 rings (SSSR count). The van der Waals surface area contributed by atoms with Gasteiger partial charge >= 0.3 is 0 Å². The highest BCUT2D eigenvalue weighted by Gasteiger charge is 2.29. The zero-order valence-electron chi connectivity index (χ0n) is 11.8. The second-order valence-corrected chi connectivity index (χ2v) is 5.68. The average Bonchev–Trinajstić information content (AvgIpc) is 2.46. The smallest absolute Gasteiger partial charge is 0.210 e. The number of phenols is 2. The number of benzene rings is 1. The molecule has 110 valence electrons. The van der Waals surface area contributed by atoms with E-state index in [0.29, 0.717) is 6.42 Å². The van der Waals surface area contributed by atoms with Gasteiger partial charge < -0.3 is 15.1 Å². The molecule has 2 N–H and O–H groups in total. The number of hydrogen-bond acceptors (Lipinski definition) is 3. The molecule has 1 aromatic carbocycles. The number of aromatic hydroxyl groups is 2. The van der Waals surface area contributed by atoms with Crippen LogP contribution in [-0.2, 0) is 11.2 Å². The van der Waals surface area contributed by atoms with E-state index in [-0.39, 0.29) is 17.5 Å². The Morgan fingerprint density at radius 3 is 2.57 bits per heavy atom. The fourth-order valence-electron chi connectivity index (χ4n) is 3.33. The van der Waals surface area contributed by atoms with Crippen LogP contribution in [0.4, 0.5) is 0 Å². The van der Waals surface area contributed by atoms with Gasteiger partial charge in [-0.3, -0.25) is 4.79 Å². The van der Waals surface area contributed by atoms with Crippen LogP contribution < -0.4 is 0 Å². The van der Waals surface area contributed by atoms with Crippen molar-refractivity contribution in [1.29, 1.82) is 0 Å². The Labute approximate surface area is 124 Å². The van der Waals surface area contributed by atoms with Crippen LogP contribution in [-0.4, -0.2) is 34.1 Å². The van der Waals surface area contributed by atoms with Gasteiger partial charge in [0.05, 0.1) is 6.04 Å². The molecule has 1 heterocycles. The molecule has 0 saturated heterocycles. The Bertz CT molecular complexity index is 598. The standard InChI is InChI=1S/C17H19NO3/c19-11-18-6-5-13-3-1-2-4-16(13)17(18)9-12-7-14(20)10-15(21)8-12/h1-2,7-8,10-11,17,20-21H,3-6,9H2. The number of amides is 1.